The summed E-state index contributed by atoms with van der Waals surface area (Å²) in [6, 6.07) is 8.95. The summed E-state index contributed by atoms with van der Waals surface area (Å²) in [5.74, 6) is -10.8. The van der Waals surface area contributed by atoms with Crippen molar-refractivity contribution in [3.05, 3.63) is 53.6 Å². The van der Waals surface area contributed by atoms with Crippen LogP contribution in [0.1, 0.15) is 18.9 Å². The largest absolute Gasteiger partial charge is 0.478 e. The minimum absolute atomic E-state index is 0.210. The molecule has 0 aromatic heterocycles. The maximum absolute atomic E-state index is 13.6. The number of hydrogen-bond acceptors (Lipinski definition) is 2. The molecule has 0 saturated carbocycles. The van der Waals surface area contributed by atoms with E-state index in [1.165, 1.54) is 13.0 Å². The lowest BCUT2D eigenvalue weighted by Crippen LogP contribution is -2.43. The van der Waals surface area contributed by atoms with Gasteiger partial charge < -0.3 is 9.84 Å². The molecule has 1 aromatic carbocycles. The molecule has 0 bridgehead atoms. The van der Waals surface area contributed by atoms with E-state index in [0.717, 1.165) is 5.56 Å². The van der Waals surface area contributed by atoms with Gasteiger partial charge in [-0.3, -0.25) is 0 Å². The Morgan fingerprint density at radius 1 is 1.21 bits per heavy atom. The van der Waals surface area contributed by atoms with Crippen LogP contribution in [0.3, 0.4) is 0 Å². The Kier molecular flexibility index (Phi) is 7.16. The Bertz CT molecular complexity index is 595. The van der Waals surface area contributed by atoms with Gasteiger partial charge in [0.25, 0.3) is 0 Å². The van der Waals surface area contributed by atoms with Crippen LogP contribution in [0.5, 0.6) is 0 Å². The van der Waals surface area contributed by atoms with Crippen LogP contribution in [0.4, 0.5) is 17.6 Å². The van der Waals surface area contributed by atoms with Crippen LogP contribution in [0.25, 0.3) is 6.08 Å². The van der Waals surface area contributed by atoms with Crippen molar-refractivity contribution in [2.75, 3.05) is 13.2 Å². The van der Waals surface area contributed by atoms with E-state index >= 15 is 0 Å². The summed E-state index contributed by atoms with van der Waals surface area (Å²) in [7, 11) is 0. The second kappa shape index (κ2) is 8.63. The summed E-state index contributed by atoms with van der Waals surface area (Å²) in [6.07, 6.45) is 2.53. The highest BCUT2D eigenvalue weighted by molar-refractivity contribution is 5.86. The molecule has 1 N–H and O–H groups in total. The van der Waals surface area contributed by atoms with Crippen LogP contribution < -0.4 is 0 Å². The maximum Gasteiger partial charge on any atom is 0.336 e. The number of benzene rings is 1. The fourth-order valence-corrected chi connectivity index (χ4v) is 1.74. The number of rotatable bonds is 9. The van der Waals surface area contributed by atoms with Crippen LogP contribution in [0.2, 0.25) is 0 Å². The molecule has 0 aliphatic heterocycles. The first-order valence-corrected chi connectivity index (χ1v) is 7.19. The second-order valence-electron chi connectivity index (χ2n) is 4.98. The number of hydrogen-bond donors (Lipinski definition) is 1. The van der Waals surface area contributed by atoms with Gasteiger partial charge in [-0.15, -0.1) is 0 Å². The lowest BCUT2D eigenvalue weighted by Gasteiger charge is -2.24. The molecule has 0 spiro atoms. The lowest BCUT2D eigenvalue weighted by molar-refractivity contribution is -0.206. The molecule has 24 heavy (non-hydrogen) atoms. The summed E-state index contributed by atoms with van der Waals surface area (Å²) in [6.45, 7) is -0.505. The van der Waals surface area contributed by atoms with E-state index in [4.69, 9.17) is 5.11 Å². The molecule has 0 aliphatic carbocycles. The quantitative estimate of drug-likeness (QED) is 0.409. The van der Waals surface area contributed by atoms with Gasteiger partial charge in [-0.2, -0.15) is 17.6 Å². The van der Waals surface area contributed by atoms with Gasteiger partial charge in [-0.05, 0) is 12.0 Å². The van der Waals surface area contributed by atoms with Gasteiger partial charge in [0.2, 0.25) is 0 Å². The Balaban J connectivity index is 2.61. The Morgan fingerprint density at radius 2 is 1.83 bits per heavy atom. The molecule has 1 rings (SSSR count). The van der Waals surface area contributed by atoms with Crippen molar-refractivity contribution in [1.29, 1.82) is 0 Å². The van der Waals surface area contributed by atoms with Gasteiger partial charge in [0.15, 0.2) is 0 Å². The zero-order valence-corrected chi connectivity index (χ0v) is 13.0. The van der Waals surface area contributed by atoms with Gasteiger partial charge in [0.1, 0.15) is 6.61 Å². The average molecular weight is 346 g/mol. The molecule has 0 saturated heterocycles. The number of alkyl halides is 4. The van der Waals surface area contributed by atoms with Crippen LogP contribution in [0, 0.1) is 0 Å². The van der Waals surface area contributed by atoms with E-state index in [1.54, 1.807) is 30.3 Å². The van der Waals surface area contributed by atoms with Crippen molar-refractivity contribution in [3.63, 3.8) is 0 Å². The number of aliphatic carboxylic acids is 1. The van der Waals surface area contributed by atoms with Gasteiger partial charge >= 0.3 is 17.8 Å². The number of carboxylic acids is 1. The van der Waals surface area contributed by atoms with Gasteiger partial charge in [-0.1, -0.05) is 49.4 Å². The van der Waals surface area contributed by atoms with E-state index < -0.39 is 30.0 Å². The number of halogens is 4. The summed E-state index contributed by atoms with van der Waals surface area (Å²) in [5.41, 5.74) is 0.0406. The van der Waals surface area contributed by atoms with E-state index in [9.17, 15) is 22.4 Å². The number of carbonyl (C=O) groups is 1. The normalized spacial score (nSPS) is 13.5. The van der Waals surface area contributed by atoms with Crippen LogP contribution in [-0.2, 0) is 9.53 Å². The van der Waals surface area contributed by atoms with Crippen molar-refractivity contribution in [2.45, 2.75) is 25.2 Å². The average Bonchev–Trinajstić information content (AvgIpc) is 2.52. The van der Waals surface area contributed by atoms with E-state index in [2.05, 4.69) is 4.74 Å². The summed E-state index contributed by atoms with van der Waals surface area (Å²) in [5, 5.41) is 8.67. The molecular formula is C17H18F4O3. The molecule has 132 valence electrons. The number of carboxylic acid groups (broad SMARTS) is 1. The monoisotopic (exact) mass is 346 g/mol. The zero-order valence-electron chi connectivity index (χ0n) is 13.0. The maximum atomic E-state index is 13.6. The van der Waals surface area contributed by atoms with Crippen LogP contribution in [0.15, 0.2) is 48.1 Å². The fourth-order valence-electron chi connectivity index (χ4n) is 1.74. The molecule has 0 heterocycles. The third-order valence-electron chi connectivity index (χ3n) is 3.11. The molecule has 0 fully saturated rings. The van der Waals surface area contributed by atoms with Gasteiger partial charge in [0.05, 0.1) is 6.61 Å². The Labute approximate surface area is 137 Å². The highest BCUT2D eigenvalue weighted by Gasteiger charge is 2.55. The van der Waals surface area contributed by atoms with Crippen molar-refractivity contribution in [1.82, 2.24) is 0 Å². The summed E-state index contributed by atoms with van der Waals surface area (Å²) in [4.78, 5) is 10.7. The minimum atomic E-state index is -4.61. The predicted molar refractivity (Wildman–Crippen MR) is 82.2 cm³/mol. The smallest absolute Gasteiger partial charge is 0.336 e. The first-order chi connectivity index (χ1) is 11.2. The number of allylic oxidation sites excluding steroid dienone is 1. The van der Waals surface area contributed by atoms with Gasteiger partial charge in [0, 0.05) is 11.6 Å². The second-order valence-corrected chi connectivity index (χ2v) is 4.98. The molecule has 3 nitrogen and oxygen atoms in total. The molecule has 0 amide bonds. The molecule has 0 unspecified atom stereocenters. The fraction of sp³-hybridized carbons (Fsp3) is 0.353. The van der Waals surface area contributed by atoms with E-state index in [0.29, 0.717) is 0 Å². The Hall–Kier alpha value is -2.15. The molecular weight excluding hydrogens is 328 g/mol. The topological polar surface area (TPSA) is 46.5 Å². The summed E-state index contributed by atoms with van der Waals surface area (Å²) >= 11 is 0. The predicted octanol–water partition coefficient (Wildman–Crippen LogP) is 4.41. The van der Waals surface area contributed by atoms with Crippen molar-refractivity contribution < 1.29 is 32.2 Å². The first-order valence-electron chi connectivity index (χ1n) is 7.19. The molecule has 0 radical (unpaired) electrons. The van der Waals surface area contributed by atoms with Crippen molar-refractivity contribution in [3.8, 4) is 0 Å². The number of ether oxygens (including phenoxy) is 1. The lowest BCUT2D eigenvalue weighted by atomic mass is 10.1. The Morgan fingerprint density at radius 3 is 2.38 bits per heavy atom. The highest BCUT2D eigenvalue weighted by atomic mass is 19.3. The third-order valence-corrected chi connectivity index (χ3v) is 3.11. The summed E-state index contributed by atoms with van der Waals surface area (Å²) < 4.78 is 58.9. The van der Waals surface area contributed by atoms with E-state index in [-0.39, 0.29) is 19.1 Å². The van der Waals surface area contributed by atoms with Crippen molar-refractivity contribution >= 4 is 12.0 Å². The minimum Gasteiger partial charge on any atom is -0.478 e. The molecule has 0 atom stereocenters. The SMILES string of the molecule is CCC(=CC(F)(F)C(F)(F)COCC=Cc1ccccc1)C(=O)O. The zero-order chi connectivity index (χ0) is 18.2. The van der Waals surface area contributed by atoms with E-state index in [1.807, 2.05) is 6.07 Å². The highest BCUT2D eigenvalue weighted by Crippen LogP contribution is 2.36. The van der Waals surface area contributed by atoms with Crippen LogP contribution >= 0.6 is 0 Å². The van der Waals surface area contributed by atoms with Crippen molar-refractivity contribution in [2.24, 2.45) is 0 Å². The molecule has 0 aliphatic rings. The van der Waals surface area contributed by atoms with Crippen LogP contribution in [-0.4, -0.2) is 36.1 Å². The first kappa shape index (κ1) is 19.9. The molecule has 7 heteroatoms. The standard InChI is InChI=1S/C17H18F4O3/c1-2-14(15(22)23)11-16(18,19)17(20,21)12-24-10-6-9-13-7-4-3-5-8-13/h3-9,11H,2,10,12H2,1H3,(H,22,23). The molecule has 1 aromatic rings. The van der Waals surface area contributed by atoms with Gasteiger partial charge in [-0.25, -0.2) is 4.79 Å². The third kappa shape index (κ3) is 5.81.